The molecule has 194 valence electrons. The van der Waals surface area contributed by atoms with E-state index in [-0.39, 0.29) is 22.4 Å². The third-order valence-electron chi connectivity index (χ3n) is 6.90. The molecule has 8 heteroatoms. The van der Waals surface area contributed by atoms with E-state index >= 15 is 0 Å². The smallest absolute Gasteiger partial charge is 0.255 e. The number of amides is 2. The van der Waals surface area contributed by atoms with E-state index in [2.05, 4.69) is 17.6 Å². The summed E-state index contributed by atoms with van der Waals surface area (Å²) in [5.74, 6) is -0.295. The number of nitrogens with zero attached hydrogens (tertiary/aromatic N) is 1. The van der Waals surface area contributed by atoms with Crippen molar-refractivity contribution < 1.29 is 18.0 Å². The molecule has 1 heterocycles. The van der Waals surface area contributed by atoms with E-state index in [1.165, 1.54) is 10.4 Å². The van der Waals surface area contributed by atoms with Crippen LogP contribution in [-0.4, -0.2) is 37.6 Å². The molecule has 7 nitrogen and oxygen atoms in total. The standard InChI is InChI=1S/C29H33N3O4S/c1-20-15-17-32(18-16-20)37(35,36)24-14-13-21(2)26(19-24)29(34)31-27-12-8-7-11-25(27)28(33)30-22(3)23-9-5-4-6-10-23/h4-14,19-20,22H,15-18H2,1-3H3,(H,30,33)(H,31,34)/t22-/m0/s1. The molecule has 0 spiro atoms. The number of carbonyl (C=O) groups is 2. The fraction of sp³-hybridized carbons (Fsp3) is 0.310. The van der Waals surface area contributed by atoms with Crippen LogP contribution in [0.5, 0.6) is 0 Å². The monoisotopic (exact) mass is 519 g/mol. The quantitative estimate of drug-likeness (QED) is 0.451. The second-order valence-electron chi connectivity index (χ2n) is 9.67. The van der Waals surface area contributed by atoms with Crippen molar-refractivity contribution in [2.45, 2.75) is 44.6 Å². The lowest BCUT2D eigenvalue weighted by Gasteiger charge is -2.29. The summed E-state index contributed by atoms with van der Waals surface area (Å²) in [4.78, 5) is 26.5. The first-order chi connectivity index (χ1) is 17.7. The Labute approximate surface area is 218 Å². The van der Waals surface area contributed by atoms with Gasteiger partial charge in [0.25, 0.3) is 11.8 Å². The van der Waals surface area contributed by atoms with E-state index in [0.717, 1.165) is 18.4 Å². The molecular weight excluding hydrogens is 486 g/mol. The molecule has 2 N–H and O–H groups in total. The van der Waals surface area contributed by atoms with Crippen molar-refractivity contribution in [1.82, 2.24) is 9.62 Å². The minimum Gasteiger partial charge on any atom is -0.345 e. The first-order valence-electron chi connectivity index (χ1n) is 12.5. The molecule has 1 atom stereocenters. The first-order valence-corrected chi connectivity index (χ1v) is 14.0. The van der Waals surface area contributed by atoms with Gasteiger partial charge in [-0.1, -0.05) is 55.5 Å². The van der Waals surface area contributed by atoms with Crippen LogP contribution in [0.1, 0.15) is 64.6 Å². The number of nitrogens with one attached hydrogen (secondary N) is 2. The Morgan fingerprint density at radius 3 is 2.24 bits per heavy atom. The second kappa shape index (κ2) is 11.3. The molecule has 4 rings (SSSR count). The van der Waals surface area contributed by atoms with Crippen LogP contribution < -0.4 is 10.6 Å². The molecule has 1 saturated heterocycles. The minimum absolute atomic E-state index is 0.0977. The van der Waals surface area contributed by atoms with Crippen LogP contribution in [0.25, 0.3) is 0 Å². The number of hydrogen-bond acceptors (Lipinski definition) is 4. The molecule has 0 bridgehead atoms. The maximum absolute atomic E-state index is 13.3. The van der Waals surface area contributed by atoms with Gasteiger partial charge in [0.1, 0.15) is 0 Å². The van der Waals surface area contributed by atoms with E-state index < -0.39 is 15.9 Å². The zero-order valence-electron chi connectivity index (χ0n) is 21.4. The Morgan fingerprint density at radius 1 is 0.892 bits per heavy atom. The van der Waals surface area contributed by atoms with Crippen LogP contribution in [0.4, 0.5) is 5.69 Å². The molecule has 0 radical (unpaired) electrons. The Balaban J connectivity index is 1.54. The lowest BCUT2D eigenvalue weighted by molar-refractivity contribution is 0.0940. The lowest BCUT2D eigenvalue weighted by Crippen LogP contribution is -2.38. The number of rotatable bonds is 7. The van der Waals surface area contributed by atoms with Crippen molar-refractivity contribution in [3.05, 3.63) is 95.1 Å². The van der Waals surface area contributed by atoms with E-state index in [9.17, 15) is 18.0 Å². The average Bonchev–Trinajstić information content (AvgIpc) is 2.89. The number of para-hydroxylation sites is 1. The zero-order valence-corrected chi connectivity index (χ0v) is 22.2. The summed E-state index contributed by atoms with van der Waals surface area (Å²) < 4.78 is 28.0. The number of benzene rings is 3. The summed E-state index contributed by atoms with van der Waals surface area (Å²) >= 11 is 0. The summed E-state index contributed by atoms with van der Waals surface area (Å²) in [6, 6.07) is 20.8. The van der Waals surface area contributed by atoms with E-state index in [1.54, 1.807) is 43.3 Å². The van der Waals surface area contributed by atoms with E-state index in [0.29, 0.717) is 35.8 Å². The highest BCUT2D eigenvalue weighted by Crippen LogP contribution is 2.26. The number of aryl methyl sites for hydroxylation is 1. The van der Waals surface area contributed by atoms with Crippen LogP contribution >= 0.6 is 0 Å². The third kappa shape index (κ3) is 6.09. The summed E-state index contributed by atoms with van der Waals surface area (Å²) in [7, 11) is -3.70. The highest BCUT2D eigenvalue weighted by molar-refractivity contribution is 7.89. The fourth-order valence-electron chi connectivity index (χ4n) is 4.46. The molecule has 0 aliphatic carbocycles. The number of carbonyl (C=O) groups excluding carboxylic acids is 2. The molecule has 1 aliphatic heterocycles. The van der Waals surface area contributed by atoms with Gasteiger partial charge in [-0.05, 0) is 68.0 Å². The van der Waals surface area contributed by atoms with Gasteiger partial charge in [-0.15, -0.1) is 0 Å². The predicted octanol–water partition coefficient (Wildman–Crippen LogP) is 5.16. The topological polar surface area (TPSA) is 95.6 Å². The van der Waals surface area contributed by atoms with Crippen molar-refractivity contribution in [3.63, 3.8) is 0 Å². The van der Waals surface area contributed by atoms with Crippen LogP contribution in [0.15, 0.2) is 77.7 Å². The summed E-state index contributed by atoms with van der Waals surface area (Å²) in [5.41, 5.74) is 2.53. The number of piperidine rings is 1. The van der Waals surface area contributed by atoms with Crippen LogP contribution in [0.3, 0.4) is 0 Å². The molecule has 0 aromatic heterocycles. The van der Waals surface area contributed by atoms with Gasteiger partial charge in [0, 0.05) is 18.7 Å². The van der Waals surface area contributed by atoms with E-state index in [1.807, 2.05) is 37.3 Å². The second-order valence-corrected chi connectivity index (χ2v) is 11.6. The number of anilines is 1. The fourth-order valence-corrected chi connectivity index (χ4v) is 5.96. The molecule has 0 saturated carbocycles. The van der Waals surface area contributed by atoms with Gasteiger partial charge >= 0.3 is 0 Å². The average molecular weight is 520 g/mol. The van der Waals surface area contributed by atoms with Crippen molar-refractivity contribution >= 4 is 27.5 Å². The summed E-state index contributed by atoms with van der Waals surface area (Å²) in [6.45, 7) is 6.73. The first kappa shape index (κ1) is 26.6. The van der Waals surface area contributed by atoms with Crippen molar-refractivity contribution in [1.29, 1.82) is 0 Å². The molecule has 2 amide bonds. The Bertz CT molecular complexity index is 1380. The van der Waals surface area contributed by atoms with Gasteiger partial charge in [0.05, 0.1) is 22.2 Å². The largest absolute Gasteiger partial charge is 0.345 e. The van der Waals surface area contributed by atoms with Crippen molar-refractivity contribution in [3.8, 4) is 0 Å². The summed E-state index contributed by atoms with van der Waals surface area (Å²) in [6.07, 6.45) is 1.64. The Hall–Kier alpha value is -3.49. The lowest BCUT2D eigenvalue weighted by atomic mass is 10.0. The van der Waals surface area contributed by atoms with Gasteiger partial charge in [-0.3, -0.25) is 9.59 Å². The maximum atomic E-state index is 13.3. The molecule has 1 aliphatic rings. The molecule has 3 aromatic carbocycles. The van der Waals surface area contributed by atoms with Crippen molar-refractivity contribution in [2.24, 2.45) is 5.92 Å². The van der Waals surface area contributed by atoms with Gasteiger partial charge in [0.2, 0.25) is 10.0 Å². The number of sulfonamides is 1. The Morgan fingerprint density at radius 2 is 1.54 bits per heavy atom. The summed E-state index contributed by atoms with van der Waals surface area (Å²) in [5, 5.41) is 5.79. The van der Waals surface area contributed by atoms with Gasteiger partial charge in [0.15, 0.2) is 0 Å². The van der Waals surface area contributed by atoms with E-state index in [4.69, 9.17) is 0 Å². The van der Waals surface area contributed by atoms with Crippen LogP contribution in [0, 0.1) is 12.8 Å². The third-order valence-corrected chi connectivity index (χ3v) is 8.80. The predicted molar refractivity (Wildman–Crippen MR) is 145 cm³/mol. The molecule has 0 unspecified atom stereocenters. The van der Waals surface area contributed by atoms with Crippen LogP contribution in [-0.2, 0) is 10.0 Å². The molecule has 3 aromatic rings. The Kier molecular flexibility index (Phi) is 8.10. The van der Waals surface area contributed by atoms with Gasteiger partial charge in [-0.25, -0.2) is 8.42 Å². The van der Waals surface area contributed by atoms with Crippen molar-refractivity contribution in [2.75, 3.05) is 18.4 Å². The minimum atomic E-state index is -3.70. The highest BCUT2D eigenvalue weighted by atomic mass is 32.2. The number of hydrogen-bond donors (Lipinski definition) is 2. The molecular formula is C29H33N3O4S. The molecule has 37 heavy (non-hydrogen) atoms. The van der Waals surface area contributed by atoms with Gasteiger partial charge < -0.3 is 10.6 Å². The SMILES string of the molecule is Cc1ccc(S(=O)(=O)N2CCC(C)CC2)cc1C(=O)Nc1ccccc1C(=O)N[C@@H](C)c1ccccc1. The highest BCUT2D eigenvalue weighted by Gasteiger charge is 2.29. The van der Waals surface area contributed by atoms with Crippen LogP contribution in [0.2, 0.25) is 0 Å². The van der Waals surface area contributed by atoms with Gasteiger partial charge in [-0.2, -0.15) is 4.31 Å². The zero-order chi connectivity index (χ0) is 26.6. The normalized spacial score (nSPS) is 15.6. The molecule has 1 fully saturated rings. The maximum Gasteiger partial charge on any atom is 0.255 e.